The number of rotatable bonds is 5. The predicted molar refractivity (Wildman–Crippen MR) is 57.0 cm³/mol. The van der Waals surface area contributed by atoms with Crippen molar-refractivity contribution in [2.24, 2.45) is 5.41 Å². The minimum absolute atomic E-state index is 0.0304. The van der Waals surface area contributed by atoms with Crippen LogP contribution in [0.15, 0.2) is 0 Å². The first-order chi connectivity index (χ1) is 7.04. The van der Waals surface area contributed by atoms with E-state index < -0.39 is 15.3 Å². The van der Waals surface area contributed by atoms with E-state index in [1.165, 1.54) is 0 Å². The molecule has 1 aliphatic heterocycles. The molecule has 0 aromatic carbocycles. The van der Waals surface area contributed by atoms with Crippen LogP contribution in [-0.4, -0.2) is 33.1 Å². The zero-order valence-electron chi connectivity index (χ0n) is 9.03. The van der Waals surface area contributed by atoms with Gasteiger partial charge in [0.05, 0.1) is 23.0 Å². The molecule has 1 unspecified atom stereocenters. The third-order valence-corrected chi connectivity index (χ3v) is 4.59. The lowest BCUT2D eigenvalue weighted by Gasteiger charge is -2.17. The van der Waals surface area contributed by atoms with Crippen molar-refractivity contribution in [3.8, 4) is 6.07 Å². The number of ether oxygens (including phenoxy) is 1. The van der Waals surface area contributed by atoms with E-state index in [0.29, 0.717) is 26.1 Å². The van der Waals surface area contributed by atoms with Crippen LogP contribution in [-0.2, 0) is 14.6 Å². The fourth-order valence-electron chi connectivity index (χ4n) is 1.91. The second-order valence-electron chi connectivity index (χ2n) is 4.03. The van der Waals surface area contributed by atoms with Crippen molar-refractivity contribution >= 4 is 9.84 Å². The highest BCUT2D eigenvalue weighted by Gasteiger charge is 2.41. The smallest absolute Gasteiger partial charge is 0.151 e. The van der Waals surface area contributed by atoms with Gasteiger partial charge in [-0.25, -0.2) is 8.42 Å². The Morgan fingerprint density at radius 3 is 2.73 bits per heavy atom. The second-order valence-corrected chi connectivity index (χ2v) is 6.22. The molecule has 0 aliphatic carbocycles. The van der Waals surface area contributed by atoms with Crippen molar-refractivity contribution in [3.63, 3.8) is 0 Å². The first-order valence-electron chi connectivity index (χ1n) is 5.23. The van der Waals surface area contributed by atoms with E-state index in [-0.39, 0.29) is 11.5 Å². The summed E-state index contributed by atoms with van der Waals surface area (Å²) in [6, 6.07) is 2.18. The van der Waals surface area contributed by atoms with E-state index in [0.717, 1.165) is 6.42 Å². The van der Waals surface area contributed by atoms with Crippen LogP contribution >= 0.6 is 0 Å². The number of nitriles is 1. The van der Waals surface area contributed by atoms with Crippen molar-refractivity contribution in [1.82, 2.24) is 0 Å². The van der Waals surface area contributed by atoms with Gasteiger partial charge in [0, 0.05) is 13.2 Å². The Morgan fingerprint density at radius 1 is 1.53 bits per heavy atom. The van der Waals surface area contributed by atoms with E-state index in [1.54, 1.807) is 0 Å². The minimum Gasteiger partial charge on any atom is -0.382 e. The van der Waals surface area contributed by atoms with E-state index >= 15 is 0 Å². The maximum absolute atomic E-state index is 11.3. The standard InChI is InChI=1S/C10H17NO3S/c1-2-14-6-3-4-10(8-11)5-7-15(12,13)9-10/h2-7,9H2,1H3. The highest BCUT2D eigenvalue weighted by molar-refractivity contribution is 7.91. The Hall–Kier alpha value is -0.600. The fraction of sp³-hybridized carbons (Fsp3) is 0.900. The topological polar surface area (TPSA) is 67.2 Å². The molecule has 1 atom stereocenters. The summed E-state index contributed by atoms with van der Waals surface area (Å²) in [7, 11) is -2.97. The van der Waals surface area contributed by atoms with Crippen LogP contribution in [0.5, 0.6) is 0 Å². The molecule has 5 heteroatoms. The Morgan fingerprint density at radius 2 is 2.27 bits per heavy atom. The molecule has 0 spiro atoms. The summed E-state index contributed by atoms with van der Waals surface area (Å²) in [5, 5.41) is 9.05. The van der Waals surface area contributed by atoms with Crippen LogP contribution in [0.1, 0.15) is 26.2 Å². The summed E-state index contributed by atoms with van der Waals surface area (Å²) >= 11 is 0. The Balaban J connectivity index is 2.47. The van der Waals surface area contributed by atoms with Gasteiger partial charge in [0.2, 0.25) is 0 Å². The lowest BCUT2D eigenvalue weighted by molar-refractivity contribution is 0.136. The van der Waals surface area contributed by atoms with Gasteiger partial charge in [0.1, 0.15) is 0 Å². The van der Waals surface area contributed by atoms with Crippen molar-refractivity contribution in [3.05, 3.63) is 0 Å². The molecule has 15 heavy (non-hydrogen) atoms. The minimum atomic E-state index is -2.97. The van der Waals surface area contributed by atoms with Gasteiger partial charge in [0.25, 0.3) is 0 Å². The summed E-state index contributed by atoms with van der Waals surface area (Å²) in [5.74, 6) is 0.192. The van der Waals surface area contributed by atoms with Crippen LogP contribution in [0.25, 0.3) is 0 Å². The molecule has 0 bridgehead atoms. The fourth-order valence-corrected chi connectivity index (χ4v) is 3.96. The maximum atomic E-state index is 11.3. The molecule has 0 radical (unpaired) electrons. The van der Waals surface area contributed by atoms with E-state index in [9.17, 15) is 8.42 Å². The Kier molecular flexibility index (Phi) is 4.12. The average Bonchev–Trinajstić information content (AvgIpc) is 2.50. The first kappa shape index (κ1) is 12.5. The van der Waals surface area contributed by atoms with E-state index in [1.807, 2.05) is 6.92 Å². The van der Waals surface area contributed by atoms with Crippen LogP contribution in [0.3, 0.4) is 0 Å². The third-order valence-electron chi connectivity index (χ3n) is 2.77. The largest absolute Gasteiger partial charge is 0.382 e. The van der Waals surface area contributed by atoms with Gasteiger partial charge in [0.15, 0.2) is 9.84 Å². The quantitative estimate of drug-likeness (QED) is 0.665. The molecule has 0 saturated carbocycles. The molecule has 1 aliphatic rings. The molecule has 1 saturated heterocycles. The van der Waals surface area contributed by atoms with Crippen molar-refractivity contribution in [2.45, 2.75) is 26.2 Å². The number of sulfone groups is 1. The summed E-state index contributed by atoms with van der Waals surface area (Å²) in [6.07, 6.45) is 1.87. The molecular weight excluding hydrogens is 214 g/mol. The van der Waals surface area contributed by atoms with Gasteiger partial charge in [-0.1, -0.05) is 0 Å². The summed E-state index contributed by atoms with van der Waals surface area (Å²) < 4.78 is 27.8. The van der Waals surface area contributed by atoms with E-state index in [2.05, 4.69) is 6.07 Å². The molecule has 0 aromatic heterocycles. The molecular formula is C10H17NO3S. The monoisotopic (exact) mass is 231 g/mol. The molecule has 1 heterocycles. The van der Waals surface area contributed by atoms with Gasteiger partial charge >= 0.3 is 0 Å². The van der Waals surface area contributed by atoms with Crippen LogP contribution < -0.4 is 0 Å². The van der Waals surface area contributed by atoms with Crippen LogP contribution in [0, 0.1) is 16.7 Å². The molecule has 0 aromatic rings. The highest BCUT2D eigenvalue weighted by atomic mass is 32.2. The predicted octanol–water partition coefficient (Wildman–Crippen LogP) is 1.13. The molecule has 86 valence electrons. The van der Waals surface area contributed by atoms with Crippen molar-refractivity contribution in [1.29, 1.82) is 5.26 Å². The Bertz CT molecular complexity index is 344. The molecule has 1 rings (SSSR count). The summed E-state index contributed by atoms with van der Waals surface area (Å²) in [4.78, 5) is 0. The zero-order chi connectivity index (χ0) is 11.4. The van der Waals surface area contributed by atoms with Gasteiger partial charge in [-0.05, 0) is 26.2 Å². The number of hydrogen-bond donors (Lipinski definition) is 0. The van der Waals surface area contributed by atoms with Gasteiger partial charge < -0.3 is 4.74 Å². The van der Waals surface area contributed by atoms with Crippen LogP contribution in [0.4, 0.5) is 0 Å². The Labute approximate surface area is 91.1 Å². The lowest BCUT2D eigenvalue weighted by atomic mass is 9.85. The highest BCUT2D eigenvalue weighted by Crippen LogP contribution is 2.35. The molecule has 0 N–H and O–H groups in total. The van der Waals surface area contributed by atoms with Gasteiger partial charge in [-0.15, -0.1) is 0 Å². The average molecular weight is 231 g/mol. The van der Waals surface area contributed by atoms with Gasteiger partial charge in [-0.2, -0.15) is 5.26 Å². The van der Waals surface area contributed by atoms with Crippen molar-refractivity contribution < 1.29 is 13.2 Å². The third kappa shape index (κ3) is 3.47. The number of hydrogen-bond acceptors (Lipinski definition) is 4. The molecule has 0 amide bonds. The SMILES string of the molecule is CCOCCCC1(C#N)CCS(=O)(=O)C1. The normalized spacial score (nSPS) is 28.8. The second kappa shape index (κ2) is 4.95. The summed E-state index contributed by atoms with van der Waals surface area (Å²) in [6.45, 7) is 3.19. The first-order valence-corrected chi connectivity index (χ1v) is 7.05. The maximum Gasteiger partial charge on any atom is 0.151 e. The number of nitrogens with zero attached hydrogens (tertiary/aromatic N) is 1. The molecule has 1 fully saturated rings. The van der Waals surface area contributed by atoms with Gasteiger partial charge in [-0.3, -0.25) is 0 Å². The van der Waals surface area contributed by atoms with Crippen molar-refractivity contribution in [2.75, 3.05) is 24.7 Å². The van der Waals surface area contributed by atoms with Crippen LogP contribution in [0.2, 0.25) is 0 Å². The molecule has 4 nitrogen and oxygen atoms in total. The van der Waals surface area contributed by atoms with E-state index in [4.69, 9.17) is 10.00 Å². The lowest BCUT2D eigenvalue weighted by Crippen LogP contribution is -2.20. The zero-order valence-corrected chi connectivity index (χ0v) is 9.85. The summed E-state index contributed by atoms with van der Waals surface area (Å²) in [5.41, 5.74) is -0.643.